The maximum atomic E-state index is 6.65. The molecule has 0 saturated carbocycles. The van der Waals surface area contributed by atoms with Crippen molar-refractivity contribution in [3.05, 3.63) is 46.8 Å². The zero-order chi connectivity index (χ0) is 9.31. The topological polar surface area (TPSA) is 0 Å². The van der Waals surface area contributed by atoms with Crippen LogP contribution in [0.1, 0.15) is 12.8 Å². The Hall–Kier alpha value is -0.533. The van der Waals surface area contributed by atoms with Gasteiger partial charge in [-0.15, -0.1) is 0 Å². The van der Waals surface area contributed by atoms with Crippen LogP contribution in [0.25, 0.3) is 0 Å². The molecule has 0 fully saturated rings. The molecule has 0 aromatic rings. The molecule has 0 aromatic heterocycles. The van der Waals surface area contributed by atoms with Crippen molar-refractivity contribution in [3.8, 4) is 0 Å². The predicted molar refractivity (Wildman–Crippen MR) is 61.2 cm³/mol. The molecule has 0 amide bonds. The van der Waals surface area contributed by atoms with Gasteiger partial charge in [-0.05, 0) is 29.8 Å². The maximum absolute atomic E-state index is 6.65. The summed E-state index contributed by atoms with van der Waals surface area (Å²) in [6.07, 6.45) is 15.4. The Morgan fingerprint density at radius 3 is 1.85 bits per heavy atom. The molecule has 13 heavy (non-hydrogen) atoms. The fraction of sp³-hybridized carbons (Fsp3) is 0.273. The molecule has 0 radical (unpaired) electrons. The van der Waals surface area contributed by atoms with Gasteiger partial charge in [0.25, 0.3) is 0 Å². The average molecular weight is 209 g/mol. The van der Waals surface area contributed by atoms with Crippen LogP contribution >= 0.6 is 11.1 Å². The van der Waals surface area contributed by atoms with Crippen LogP contribution in [-0.4, -0.2) is 7.38 Å². The van der Waals surface area contributed by atoms with Gasteiger partial charge in [0.1, 0.15) is 0 Å². The van der Waals surface area contributed by atoms with E-state index in [0.29, 0.717) is 0 Å². The van der Waals surface area contributed by atoms with Crippen LogP contribution in [0.5, 0.6) is 0 Å². The summed E-state index contributed by atoms with van der Waals surface area (Å²) in [6.45, 7) is 2.21. The van der Waals surface area contributed by atoms with Crippen LogP contribution in [0.15, 0.2) is 46.8 Å². The second-order valence-electron chi connectivity index (χ2n) is 3.60. The van der Waals surface area contributed by atoms with Crippen molar-refractivity contribution in [1.29, 1.82) is 0 Å². The van der Waals surface area contributed by atoms with E-state index in [1.54, 1.807) is 0 Å². The molecule has 0 nitrogen and oxygen atoms in total. The smallest absolute Gasteiger partial charge is 0.155 e. The van der Waals surface area contributed by atoms with Crippen LogP contribution in [0.2, 0.25) is 6.55 Å². The molecule has 2 aliphatic carbocycles. The van der Waals surface area contributed by atoms with Gasteiger partial charge in [-0.25, -0.2) is 0 Å². The van der Waals surface area contributed by atoms with Crippen LogP contribution in [-0.2, 0) is 0 Å². The van der Waals surface area contributed by atoms with Crippen molar-refractivity contribution in [3.63, 3.8) is 0 Å². The molecule has 0 aromatic carbocycles. The Kier molecular flexibility index (Phi) is 2.30. The molecule has 68 valence electrons. The molecule has 0 aliphatic heterocycles. The minimum atomic E-state index is -1.82. The summed E-state index contributed by atoms with van der Waals surface area (Å²) in [5.41, 5.74) is 0. The van der Waals surface area contributed by atoms with E-state index in [4.69, 9.17) is 11.1 Å². The Labute approximate surface area is 85.0 Å². The number of allylic oxidation sites excluding steroid dienone is 8. The Morgan fingerprint density at radius 2 is 1.54 bits per heavy atom. The first kappa shape index (κ1) is 9.04. The fourth-order valence-electron chi connectivity index (χ4n) is 1.78. The normalized spacial score (nSPS) is 20.8. The highest BCUT2D eigenvalue weighted by Gasteiger charge is 2.32. The highest BCUT2D eigenvalue weighted by Crippen LogP contribution is 2.34. The lowest BCUT2D eigenvalue weighted by molar-refractivity contribution is 1.44. The van der Waals surface area contributed by atoms with Crippen molar-refractivity contribution in [2.24, 2.45) is 0 Å². The molecule has 0 atom stereocenters. The van der Waals surface area contributed by atoms with E-state index in [-0.39, 0.29) is 0 Å². The summed E-state index contributed by atoms with van der Waals surface area (Å²) in [5.74, 6) is 0. The molecule has 0 saturated heterocycles. The van der Waals surface area contributed by atoms with Gasteiger partial charge in [0, 0.05) is 0 Å². The zero-order valence-electron chi connectivity index (χ0n) is 7.76. The van der Waals surface area contributed by atoms with Gasteiger partial charge in [-0.2, -0.15) is 11.1 Å². The van der Waals surface area contributed by atoms with Crippen LogP contribution < -0.4 is 0 Å². The van der Waals surface area contributed by atoms with Crippen molar-refractivity contribution in [1.82, 2.24) is 0 Å². The van der Waals surface area contributed by atoms with E-state index in [1.807, 2.05) is 0 Å². The number of halogens is 1. The van der Waals surface area contributed by atoms with Gasteiger partial charge in [-0.1, -0.05) is 36.5 Å². The lowest BCUT2D eigenvalue weighted by atomic mass is 10.5. The van der Waals surface area contributed by atoms with Gasteiger partial charge < -0.3 is 0 Å². The minimum Gasteiger partial charge on any atom is -0.155 e. The third-order valence-corrected chi connectivity index (χ3v) is 6.85. The molecule has 2 rings (SSSR count). The van der Waals surface area contributed by atoms with Crippen molar-refractivity contribution in [2.75, 3.05) is 0 Å². The van der Waals surface area contributed by atoms with Crippen molar-refractivity contribution in [2.45, 2.75) is 19.4 Å². The van der Waals surface area contributed by atoms with Crippen LogP contribution in [0, 0.1) is 0 Å². The monoisotopic (exact) mass is 208 g/mol. The Balaban J connectivity index is 2.29. The first-order valence-electron chi connectivity index (χ1n) is 4.64. The maximum Gasteiger partial charge on any atom is 0.213 e. The summed E-state index contributed by atoms with van der Waals surface area (Å²) in [6, 6.07) is 0. The summed E-state index contributed by atoms with van der Waals surface area (Å²) < 4.78 is 0. The second kappa shape index (κ2) is 3.32. The molecule has 2 aliphatic rings. The minimum absolute atomic E-state index is 1.06. The molecule has 0 spiro atoms. The van der Waals surface area contributed by atoms with Gasteiger partial charge in [0.15, 0.2) is 0 Å². The highest BCUT2D eigenvalue weighted by atomic mass is 35.6. The number of hydrogen-bond acceptors (Lipinski definition) is 0. The van der Waals surface area contributed by atoms with Crippen molar-refractivity contribution < 1.29 is 0 Å². The molecular formula is C11H13ClSi. The molecule has 0 N–H and O–H groups in total. The SMILES string of the molecule is C[Si](Cl)(C1=CCC=C1)C1=CCC=C1. The van der Waals surface area contributed by atoms with E-state index >= 15 is 0 Å². The number of hydrogen-bond donors (Lipinski definition) is 0. The van der Waals surface area contributed by atoms with Gasteiger partial charge in [0.2, 0.25) is 7.38 Å². The van der Waals surface area contributed by atoms with E-state index < -0.39 is 7.38 Å². The number of rotatable bonds is 2. The third kappa shape index (κ3) is 1.58. The van der Waals surface area contributed by atoms with E-state index in [9.17, 15) is 0 Å². The fourth-order valence-corrected chi connectivity index (χ4v) is 4.82. The first-order valence-corrected chi connectivity index (χ1v) is 8.16. The quantitative estimate of drug-likeness (QED) is 0.480. The third-order valence-electron chi connectivity index (χ3n) is 2.63. The Bertz CT molecular complexity index is 300. The molecular weight excluding hydrogens is 196 g/mol. The zero-order valence-corrected chi connectivity index (χ0v) is 9.51. The summed E-state index contributed by atoms with van der Waals surface area (Å²) in [7, 11) is -1.82. The molecule has 0 heterocycles. The molecule has 2 heteroatoms. The lowest BCUT2D eigenvalue weighted by Crippen LogP contribution is -2.27. The lowest BCUT2D eigenvalue weighted by Gasteiger charge is -2.20. The van der Waals surface area contributed by atoms with Gasteiger partial charge in [-0.3, -0.25) is 0 Å². The molecule has 0 unspecified atom stereocenters. The van der Waals surface area contributed by atoms with E-state index in [2.05, 4.69) is 43.0 Å². The summed E-state index contributed by atoms with van der Waals surface area (Å²) >= 11 is 6.65. The van der Waals surface area contributed by atoms with Gasteiger partial charge >= 0.3 is 0 Å². The average Bonchev–Trinajstić information content (AvgIpc) is 2.78. The molecule has 0 bridgehead atoms. The Morgan fingerprint density at radius 1 is 1.08 bits per heavy atom. The van der Waals surface area contributed by atoms with Crippen LogP contribution in [0.4, 0.5) is 0 Å². The second-order valence-corrected chi connectivity index (χ2v) is 9.03. The largest absolute Gasteiger partial charge is 0.213 e. The highest BCUT2D eigenvalue weighted by molar-refractivity contribution is 7.28. The summed E-state index contributed by atoms with van der Waals surface area (Å²) in [5, 5.41) is 2.74. The van der Waals surface area contributed by atoms with Crippen LogP contribution in [0.3, 0.4) is 0 Å². The standard InChI is InChI=1S/C11H13ClSi/c1-13(12,10-6-2-3-7-10)11-8-4-5-9-11/h2,4,6-9H,3,5H2,1H3. The van der Waals surface area contributed by atoms with Gasteiger partial charge in [0.05, 0.1) is 0 Å². The van der Waals surface area contributed by atoms with E-state index in [0.717, 1.165) is 12.8 Å². The first-order chi connectivity index (χ1) is 6.21. The summed E-state index contributed by atoms with van der Waals surface area (Å²) in [4.78, 5) is 0. The van der Waals surface area contributed by atoms with Crippen molar-refractivity contribution >= 4 is 18.5 Å². The van der Waals surface area contributed by atoms with E-state index in [1.165, 1.54) is 10.4 Å². The predicted octanol–water partition coefficient (Wildman–Crippen LogP) is 3.65.